The minimum absolute atomic E-state index is 0.431. The molecule has 0 atom stereocenters. The van der Waals surface area contributed by atoms with Crippen molar-refractivity contribution in [1.82, 2.24) is 15.0 Å². The molecular weight excluding hydrogens is 283 g/mol. The maximum atomic E-state index is 6.20. The molecule has 100 valence electrons. The number of nitrogens with two attached hydrogens (primary N) is 1. The van der Waals surface area contributed by atoms with Gasteiger partial charge in [0.15, 0.2) is 0 Å². The summed E-state index contributed by atoms with van der Waals surface area (Å²) >= 11 is 12.1. The van der Waals surface area contributed by atoms with E-state index in [0.717, 1.165) is 17.0 Å². The van der Waals surface area contributed by atoms with Crippen molar-refractivity contribution in [2.24, 2.45) is 5.73 Å². The third-order valence-corrected chi connectivity index (χ3v) is 3.93. The summed E-state index contributed by atoms with van der Waals surface area (Å²) in [5.41, 5.74) is 8.76. The highest BCUT2D eigenvalue weighted by Gasteiger charge is 2.30. The van der Waals surface area contributed by atoms with Crippen LogP contribution in [-0.2, 0) is 13.1 Å². The predicted octanol–water partition coefficient (Wildman–Crippen LogP) is 2.97. The lowest BCUT2D eigenvalue weighted by Crippen LogP contribution is -2.08. The van der Waals surface area contributed by atoms with E-state index in [1.54, 1.807) is 6.07 Å². The average Bonchev–Trinajstić information content (AvgIpc) is 3.14. The van der Waals surface area contributed by atoms with Crippen molar-refractivity contribution in [2.75, 3.05) is 0 Å². The van der Waals surface area contributed by atoms with Crippen LogP contribution in [0.25, 0.3) is 0 Å². The molecule has 1 aliphatic rings. The summed E-state index contributed by atoms with van der Waals surface area (Å²) in [5, 5.41) is 9.65. The molecule has 0 amide bonds. The number of benzene rings is 1. The van der Waals surface area contributed by atoms with Gasteiger partial charge < -0.3 is 5.73 Å². The van der Waals surface area contributed by atoms with Gasteiger partial charge in [-0.2, -0.15) is 0 Å². The van der Waals surface area contributed by atoms with Crippen molar-refractivity contribution in [3.8, 4) is 0 Å². The number of nitrogens with zero attached hydrogens (tertiary/aromatic N) is 3. The highest BCUT2D eigenvalue weighted by molar-refractivity contribution is 6.35. The summed E-state index contributed by atoms with van der Waals surface area (Å²) in [6.45, 7) is 1.04. The largest absolute Gasteiger partial charge is 0.325 e. The molecule has 1 saturated carbocycles. The second kappa shape index (κ2) is 5.12. The Morgan fingerprint density at radius 3 is 2.74 bits per heavy atom. The van der Waals surface area contributed by atoms with E-state index in [0.29, 0.717) is 29.1 Å². The Kier molecular flexibility index (Phi) is 3.48. The quantitative estimate of drug-likeness (QED) is 0.944. The third-order valence-electron chi connectivity index (χ3n) is 3.34. The summed E-state index contributed by atoms with van der Waals surface area (Å²) in [6, 6.07) is 5.50. The zero-order chi connectivity index (χ0) is 13.4. The molecule has 1 aromatic carbocycles. The van der Waals surface area contributed by atoms with E-state index < -0.39 is 0 Å². The molecule has 1 aromatic heterocycles. The lowest BCUT2D eigenvalue weighted by molar-refractivity contribution is 0.619. The van der Waals surface area contributed by atoms with E-state index in [9.17, 15) is 0 Å². The topological polar surface area (TPSA) is 56.7 Å². The van der Waals surface area contributed by atoms with Gasteiger partial charge >= 0.3 is 0 Å². The van der Waals surface area contributed by atoms with Crippen LogP contribution < -0.4 is 5.73 Å². The Hall–Kier alpha value is -1.10. The van der Waals surface area contributed by atoms with Crippen molar-refractivity contribution < 1.29 is 0 Å². The Morgan fingerprint density at radius 1 is 1.32 bits per heavy atom. The van der Waals surface area contributed by atoms with E-state index in [-0.39, 0.29) is 0 Å². The van der Waals surface area contributed by atoms with E-state index in [1.165, 1.54) is 12.8 Å². The van der Waals surface area contributed by atoms with Crippen LogP contribution >= 0.6 is 23.2 Å². The van der Waals surface area contributed by atoms with Gasteiger partial charge in [-0.25, -0.2) is 4.68 Å². The van der Waals surface area contributed by atoms with E-state index in [2.05, 4.69) is 10.3 Å². The van der Waals surface area contributed by atoms with Crippen molar-refractivity contribution in [3.63, 3.8) is 0 Å². The molecule has 1 heterocycles. The summed E-state index contributed by atoms with van der Waals surface area (Å²) in [5.74, 6) is 0.555. The molecule has 1 fully saturated rings. The van der Waals surface area contributed by atoms with E-state index in [4.69, 9.17) is 28.9 Å². The molecule has 0 aliphatic heterocycles. The summed E-state index contributed by atoms with van der Waals surface area (Å²) in [6.07, 6.45) is 2.38. The number of rotatable bonds is 4. The molecule has 1 aliphatic carbocycles. The first-order chi connectivity index (χ1) is 9.19. The van der Waals surface area contributed by atoms with Crippen LogP contribution in [0.3, 0.4) is 0 Å². The molecule has 0 unspecified atom stereocenters. The van der Waals surface area contributed by atoms with Crippen molar-refractivity contribution in [1.29, 1.82) is 0 Å². The maximum Gasteiger partial charge on any atom is 0.0997 e. The molecule has 0 bridgehead atoms. The molecule has 0 spiro atoms. The first-order valence-corrected chi connectivity index (χ1v) is 7.01. The van der Waals surface area contributed by atoms with Gasteiger partial charge in [0, 0.05) is 22.5 Å². The normalized spacial score (nSPS) is 14.9. The molecule has 2 aromatic rings. The Morgan fingerprint density at radius 2 is 2.11 bits per heavy atom. The third kappa shape index (κ3) is 2.61. The van der Waals surface area contributed by atoms with Gasteiger partial charge in [-0.05, 0) is 30.5 Å². The van der Waals surface area contributed by atoms with Gasteiger partial charge in [-0.1, -0.05) is 34.5 Å². The number of aromatic nitrogens is 3. The van der Waals surface area contributed by atoms with Crippen LogP contribution in [0.1, 0.15) is 35.7 Å². The first-order valence-electron chi connectivity index (χ1n) is 6.25. The Bertz CT molecular complexity index is 605. The Balaban J connectivity index is 1.92. The SMILES string of the molecule is NCc1nnn(Cc2ccc(Cl)cc2Cl)c1C1CC1. The van der Waals surface area contributed by atoms with Crippen LogP contribution in [0, 0.1) is 0 Å². The number of hydrogen-bond donors (Lipinski definition) is 1. The summed E-state index contributed by atoms with van der Waals surface area (Å²) < 4.78 is 1.91. The molecular formula is C13H14Cl2N4. The summed E-state index contributed by atoms with van der Waals surface area (Å²) in [7, 11) is 0. The molecule has 0 radical (unpaired) electrons. The molecule has 19 heavy (non-hydrogen) atoms. The molecule has 2 N–H and O–H groups in total. The maximum absolute atomic E-state index is 6.20. The zero-order valence-corrected chi connectivity index (χ0v) is 11.8. The second-order valence-electron chi connectivity index (χ2n) is 4.79. The average molecular weight is 297 g/mol. The van der Waals surface area contributed by atoms with Gasteiger partial charge in [0.25, 0.3) is 0 Å². The molecule has 0 saturated heterocycles. The standard InChI is InChI=1S/C13H14Cl2N4/c14-10-4-3-9(11(15)5-10)7-19-13(8-1-2-8)12(6-16)17-18-19/h3-5,8H,1-2,6-7,16H2. The van der Waals surface area contributed by atoms with Crippen LogP contribution in [0.5, 0.6) is 0 Å². The fourth-order valence-corrected chi connectivity index (χ4v) is 2.70. The van der Waals surface area contributed by atoms with E-state index >= 15 is 0 Å². The highest BCUT2D eigenvalue weighted by atomic mass is 35.5. The smallest absolute Gasteiger partial charge is 0.0997 e. The van der Waals surface area contributed by atoms with Gasteiger partial charge in [-0.3, -0.25) is 0 Å². The first kappa shape index (κ1) is 12.9. The Labute approximate surface area is 121 Å². The van der Waals surface area contributed by atoms with Gasteiger partial charge in [0.1, 0.15) is 0 Å². The minimum atomic E-state index is 0.431. The molecule has 3 rings (SSSR count). The van der Waals surface area contributed by atoms with Crippen molar-refractivity contribution in [2.45, 2.75) is 31.8 Å². The molecule has 4 nitrogen and oxygen atoms in total. The van der Waals surface area contributed by atoms with Crippen molar-refractivity contribution in [3.05, 3.63) is 45.2 Å². The van der Waals surface area contributed by atoms with Gasteiger partial charge in [0.2, 0.25) is 0 Å². The van der Waals surface area contributed by atoms with Gasteiger partial charge in [-0.15, -0.1) is 5.10 Å². The highest BCUT2D eigenvalue weighted by Crippen LogP contribution is 2.41. The lowest BCUT2D eigenvalue weighted by atomic mass is 10.2. The van der Waals surface area contributed by atoms with Crippen LogP contribution in [0.15, 0.2) is 18.2 Å². The minimum Gasteiger partial charge on any atom is -0.325 e. The molecule has 6 heteroatoms. The number of halogens is 2. The predicted molar refractivity (Wildman–Crippen MR) is 75.5 cm³/mol. The number of hydrogen-bond acceptors (Lipinski definition) is 3. The monoisotopic (exact) mass is 296 g/mol. The van der Waals surface area contributed by atoms with Crippen LogP contribution in [0.2, 0.25) is 10.0 Å². The lowest BCUT2D eigenvalue weighted by Gasteiger charge is -2.08. The second-order valence-corrected chi connectivity index (χ2v) is 5.64. The van der Waals surface area contributed by atoms with Crippen LogP contribution in [-0.4, -0.2) is 15.0 Å². The fourth-order valence-electron chi connectivity index (χ4n) is 2.23. The fraction of sp³-hybridized carbons (Fsp3) is 0.385. The van der Waals surface area contributed by atoms with Crippen LogP contribution in [0.4, 0.5) is 0 Å². The van der Waals surface area contributed by atoms with E-state index in [1.807, 2.05) is 16.8 Å². The van der Waals surface area contributed by atoms with Crippen molar-refractivity contribution >= 4 is 23.2 Å². The summed E-state index contributed by atoms with van der Waals surface area (Å²) in [4.78, 5) is 0. The zero-order valence-electron chi connectivity index (χ0n) is 10.3. The van der Waals surface area contributed by atoms with Gasteiger partial charge in [0.05, 0.1) is 17.9 Å².